The number of para-hydroxylation sites is 1. The zero-order valence-electron chi connectivity index (χ0n) is 11.0. The van der Waals surface area contributed by atoms with E-state index in [1.165, 1.54) is 35.3 Å². The second-order valence-electron chi connectivity index (χ2n) is 5.39. The molecule has 2 aliphatic rings. The second kappa shape index (κ2) is 4.39. The Labute approximate surface area is 114 Å². The average molecular weight is 250 g/mol. The molecule has 0 aromatic heterocycles. The number of nitrogens with zero attached hydrogens (tertiary/aromatic N) is 1. The topological polar surface area (TPSA) is 15.3 Å². The predicted octanol–water partition coefficient (Wildman–Crippen LogP) is 2.74. The molecular weight excluding hydrogens is 232 g/mol. The maximum atomic E-state index is 3.70. The molecule has 0 saturated carbocycles. The summed E-state index contributed by atoms with van der Waals surface area (Å²) in [7, 11) is 0. The largest absolute Gasteiger partial charge is 0.369 e. The van der Waals surface area contributed by atoms with Crippen LogP contribution in [0.4, 0.5) is 5.69 Å². The fourth-order valence-corrected chi connectivity index (χ4v) is 3.42. The van der Waals surface area contributed by atoms with Gasteiger partial charge in [0.05, 0.1) is 6.04 Å². The van der Waals surface area contributed by atoms with Crippen molar-refractivity contribution in [2.45, 2.75) is 12.5 Å². The Balaban J connectivity index is 1.87. The summed E-state index contributed by atoms with van der Waals surface area (Å²) < 4.78 is 0. The lowest BCUT2D eigenvalue weighted by Crippen LogP contribution is -2.28. The Morgan fingerprint density at radius 1 is 0.947 bits per heavy atom. The normalized spacial score (nSPS) is 21.1. The molecule has 0 saturated heterocycles. The Kier molecular flexibility index (Phi) is 2.56. The van der Waals surface area contributed by atoms with Crippen molar-refractivity contribution in [3.05, 3.63) is 65.2 Å². The van der Waals surface area contributed by atoms with E-state index in [4.69, 9.17) is 0 Å². The summed E-state index contributed by atoms with van der Waals surface area (Å²) in [6.45, 7) is 3.34. The summed E-state index contributed by atoms with van der Waals surface area (Å²) in [5.74, 6) is 0. The number of nitrogens with one attached hydrogen (secondary N) is 1. The van der Waals surface area contributed by atoms with Crippen molar-refractivity contribution in [1.29, 1.82) is 0 Å². The smallest absolute Gasteiger partial charge is 0.0597 e. The minimum Gasteiger partial charge on any atom is -0.369 e. The molecule has 19 heavy (non-hydrogen) atoms. The zero-order chi connectivity index (χ0) is 12.7. The Morgan fingerprint density at radius 3 is 2.74 bits per heavy atom. The molecule has 2 aromatic rings. The Morgan fingerprint density at radius 2 is 1.84 bits per heavy atom. The first-order valence-corrected chi connectivity index (χ1v) is 7.08. The lowest BCUT2D eigenvalue weighted by Gasteiger charge is -2.21. The van der Waals surface area contributed by atoms with Gasteiger partial charge in [0.15, 0.2) is 0 Å². The standard InChI is InChI=1S/C17H18N2/c1-2-5-13(6-3-1)16-15-8-4-7-14-9-11-19(17(14)15)12-10-18-16/h1-8,16,18H,9-12H2/t16-/m0/s1. The van der Waals surface area contributed by atoms with Gasteiger partial charge < -0.3 is 10.2 Å². The van der Waals surface area contributed by atoms with Crippen molar-refractivity contribution >= 4 is 5.69 Å². The lowest BCUT2D eigenvalue weighted by atomic mass is 9.95. The third kappa shape index (κ3) is 1.75. The van der Waals surface area contributed by atoms with Crippen LogP contribution in [-0.2, 0) is 6.42 Å². The number of anilines is 1. The molecule has 2 nitrogen and oxygen atoms in total. The Bertz CT molecular complexity index is 591. The van der Waals surface area contributed by atoms with Crippen LogP contribution in [0.3, 0.4) is 0 Å². The van der Waals surface area contributed by atoms with Crippen LogP contribution in [0.15, 0.2) is 48.5 Å². The van der Waals surface area contributed by atoms with Gasteiger partial charge in [-0.15, -0.1) is 0 Å². The zero-order valence-corrected chi connectivity index (χ0v) is 11.0. The van der Waals surface area contributed by atoms with Crippen molar-refractivity contribution in [2.24, 2.45) is 0 Å². The number of rotatable bonds is 1. The molecule has 0 bridgehead atoms. The van der Waals surface area contributed by atoms with E-state index in [2.05, 4.69) is 58.7 Å². The number of benzene rings is 2. The first-order chi connectivity index (χ1) is 9.43. The molecule has 4 rings (SSSR count). The summed E-state index contributed by atoms with van der Waals surface area (Å²) in [6, 6.07) is 17.9. The van der Waals surface area contributed by atoms with Crippen LogP contribution < -0.4 is 10.2 Å². The molecule has 0 amide bonds. The van der Waals surface area contributed by atoms with E-state index in [0.717, 1.165) is 13.1 Å². The molecule has 2 heteroatoms. The van der Waals surface area contributed by atoms with E-state index in [1.54, 1.807) is 0 Å². The molecule has 0 unspecified atom stereocenters. The van der Waals surface area contributed by atoms with E-state index < -0.39 is 0 Å². The first-order valence-electron chi connectivity index (χ1n) is 7.08. The van der Waals surface area contributed by atoms with Gasteiger partial charge in [-0.2, -0.15) is 0 Å². The van der Waals surface area contributed by atoms with E-state index in [-0.39, 0.29) is 0 Å². The summed E-state index contributed by atoms with van der Waals surface area (Å²) in [5.41, 5.74) is 5.81. The minimum atomic E-state index is 0.333. The van der Waals surface area contributed by atoms with Crippen molar-refractivity contribution in [3.8, 4) is 0 Å². The van der Waals surface area contributed by atoms with Crippen LogP contribution >= 0.6 is 0 Å². The number of hydrogen-bond acceptors (Lipinski definition) is 2. The summed E-state index contributed by atoms with van der Waals surface area (Å²) in [5, 5.41) is 3.70. The fraction of sp³-hybridized carbons (Fsp3) is 0.294. The number of hydrogen-bond donors (Lipinski definition) is 1. The molecule has 2 aliphatic heterocycles. The lowest BCUT2D eigenvalue weighted by molar-refractivity contribution is 0.620. The van der Waals surface area contributed by atoms with Gasteiger partial charge in [0.2, 0.25) is 0 Å². The summed E-state index contributed by atoms with van der Waals surface area (Å²) in [4.78, 5) is 2.54. The maximum Gasteiger partial charge on any atom is 0.0597 e. The maximum absolute atomic E-state index is 3.70. The van der Waals surface area contributed by atoms with Gasteiger partial charge in [0.1, 0.15) is 0 Å². The van der Waals surface area contributed by atoms with Crippen molar-refractivity contribution in [1.82, 2.24) is 5.32 Å². The highest BCUT2D eigenvalue weighted by atomic mass is 15.2. The third-order valence-electron chi connectivity index (χ3n) is 4.29. The van der Waals surface area contributed by atoms with Gasteiger partial charge in [0.25, 0.3) is 0 Å². The molecular formula is C17H18N2. The summed E-state index contributed by atoms with van der Waals surface area (Å²) in [6.07, 6.45) is 1.20. The fourth-order valence-electron chi connectivity index (χ4n) is 3.42. The third-order valence-corrected chi connectivity index (χ3v) is 4.29. The molecule has 0 fully saturated rings. The highest BCUT2D eigenvalue weighted by molar-refractivity contribution is 5.66. The van der Waals surface area contributed by atoms with E-state index in [9.17, 15) is 0 Å². The van der Waals surface area contributed by atoms with E-state index >= 15 is 0 Å². The van der Waals surface area contributed by atoms with Crippen LogP contribution in [0, 0.1) is 0 Å². The van der Waals surface area contributed by atoms with Crippen molar-refractivity contribution in [3.63, 3.8) is 0 Å². The van der Waals surface area contributed by atoms with E-state index in [0.29, 0.717) is 6.04 Å². The molecule has 0 spiro atoms. The van der Waals surface area contributed by atoms with Crippen LogP contribution in [0.2, 0.25) is 0 Å². The monoisotopic (exact) mass is 250 g/mol. The van der Waals surface area contributed by atoms with Gasteiger partial charge in [-0.3, -0.25) is 0 Å². The van der Waals surface area contributed by atoms with Crippen LogP contribution in [0.1, 0.15) is 22.7 Å². The molecule has 2 aromatic carbocycles. The highest BCUT2D eigenvalue weighted by Gasteiger charge is 2.28. The first kappa shape index (κ1) is 11.1. The molecule has 1 N–H and O–H groups in total. The van der Waals surface area contributed by atoms with Crippen LogP contribution in [0.25, 0.3) is 0 Å². The van der Waals surface area contributed by atoms with Gasteiger partial charge in [0, 0.05) is 25.3 Å². The second-order valence-corrected chi connectivity index (χ2v) is 5.39. The van der Waals surface area contributed by atoms with E-state index in [1.807, 2.05) is 0 Å². The predicted molar refractivity (Wildman–Crippen MR) is 78.6 cm³/mol. The van der Waals surface area contributed by atoms with Gasteiger partial charge in [-0.25, -0.2) is 0 Å². The van der Waals surface area contributed by atoms with Gasteiger partial charge in [-0.1, -0.05) is 48.5 Å². The van der Waals surface area contributed by atoms with Gasteiger partial charge in [-0.05, 0) is 23.1 Å². The van der Waals surface area contributed by atoms with Crippen molar-refractivity contribution < 1.29 is 0 Å². The van der Waals surface area contributed by atoms with Crippen LogP contribution in [0.5, 0.6) is 0 Å². The highest BCUT2D eigenvalue weighted by Crippen LogP contribution is 2.38. The van der Waals surface area contributed by atoms with Gasteiger partial charge >= 0.3 is 0 Å². The average Bonchev–Trinajstić information content (AvgIpc) is 2.78. The summed E-state index contributed by atoms with van der Waals surface area (Å²) >= 11 is 0. The Hall–Kier alpha value is -1.80. The molecule has 2 heterocycles. The van der Waals surface area contributed by atoms with Crippen LogP contribution in [-0.4, -0.2) is 19.6 Å². The molecule has 0 radical (unpaired) electrons. The molecule has 96 valence electrons. The molecule has 1 atom stereocenters. The quantitative estimate of drug-likeness (QED) is 0.837. The van der Waals surface area contributed by atoms with Crippen molar-refractivity contribution in [2.75, 3.05) is 24.5 Å². The molecule has 0 aliphatic carbocycles. The minimum absolute atomic E-state index is 0.333. The SMILES string of the molecule is c1ccc([C@@H]2NCCN3CCc4cccc2c43)cc1.